The highest BCUT2D eigenvalue weighted by Crippen LogP contribution is 2.33. The predicted molar refractivity (Wildman–Crippen MR) is 53.9 cm³/mol. The van der Waals surface area contributed by atoms with Gasteiger partial charge in [-0.1, -0.05) is 0 Å². The summed E-state index contributed by atoms with van der Waals surface area (Å²) in [5.74, 6) is 0.995. The van der Waals surface area contributed by atoms with Gasteiger partial charge in [-0.2, -0.15) is 4.99 Å². The van der Waals surface area contributed by atoms with Gasteiger partial charge in [0.1, 0.15) is 5.75 Å². The molecule has 0 aromatic carbocycles. The minimum Gasteiger partial charge on any atom is -0.496 e. The Bertz CT molecular complexity index is 364. The molecule has 1 atom stereocenters. The maximum Gasteiger partial charge on any atom is 0.235 e. The summed E-state index contributed by atoms with van der Waals surface area (Å²) < 4.78 is 10.2. The van der Waals surface area contributed by atoms with Crippen LogP contribution in [0.2, 0.25) is 0 Å². The summed E-state index contributed by atoms with van der Waals surface area (Å²) >= 11 is 0. The first kappa shape index (κ1) is 11.2. The van der Waals surface area contributed by atoms with E-state index in [0.29, 0.717) is 17.2 Å². The predicted octanol–water partition coefficient (Wildman–Crippen LogP) is 1.50. The molecule has 1 unspecified atom stereocenters. The van der Waals surface area contributed by atoms with Crippen molar-refractivity contribution in [2.45, 2.75) is 13.0 Å². The van der Waals surface area contributed by atoms with E-state index < -0.39 is 0 Å². The van der Waals surface area contributed by atoms with Crippen LogP contribution in [-0.4, -0.2) is 25.3 Å². The van der Waals surface area contributed by atoms with Crippen LogP contribution in [0.25, 0.3) is 0 Å². The van der Waals surface area contributed by atoms with Crippen LogP contribution in [0.1, 0.15) is 18.5 Å². The molecule has 1 heterocycles. The van der Waals surface area contributed by atoms with Crippen LogP contribution in [0.3, 0.4) is 0 Å². The zero-order valence-corrected chi connectivity index (χ0v) is 8.85. The molecular formula is C10H12N2O3. The summed E-state index contributed by atoms with van der Waals surface area (Å²) in [6, 6.07) is 1.30. The normalized spacial score (nSPS) is 11.4. The third-order valence-electron chi connectivity index (χ3n) is 1.99. The molecule has 1 aromatic rings. The van der Waals surface area contributed by atoms with Crippen molar-refractivity contribution >= 4 is 6.08 Å². The lowest BCUT2D eigenvalue weighted by molar-refractivity contribution is 0.369. The summed E-state index contributed by atoms with van der Waals surface area (Å²) in [4.78, 5) is 17.8. The molecule has 0 aliphatic rings. The van der Waals surface area contributed by atoms with E-state index in [1.54, 1.807) is 19.2 Å². The van der Waals surface area contributed by atoms with Gasteiger partial charge in [0, 0.05) is 6.20 Å². The van der Waals surface area contributed by atoms with Crippen molar-refractivity contribution < 1.29 is 14.3 Å². The van der Waals surface area contributed by atoms with Gasteiger partial charge in [0.25, 0.3) is 0 Å². The van der Waals surface area contributed by atoms with Gasteiger partial charge in [0.15, 0.2) is 0 Å². The van der Waals surface area contributed by atoms with Crippen LogP contribution >= 0.6 is 0 Å². The van der Waals surface area contributed by atoms with Crippen LogP contribution in [0.4, 0.5) is 0 Å². The van der Waals surface area contributed by atoms with Gasteiger partial charge in [-0.05, 0) is 13.0 Å². The Morgan fingerprint density at radius 2 is 2.20 bits per heavy atom. The Labute approximate surface area is 87.8 Å². The highest BCUT2D eigenvalue weighted by atomic mass is 16.5. The Hall–Kier alpha value is -1.87. The average molecular weight is 208 g/mol. The number of rotatable bonds is 4. The maximum atomic E-state index is 10.2. The Balaban J connectivity index is 3.26. The fraction of sp³-hybridized carbons (Fsp3) is 0.400. The molecule has 0 amide bonds. The van der Waals surface area contributed by atoms with E-state index in [1.807, 2.05) is 0 Å². The molecule has 0 saturated heterocycles. The first-order valence-corrected chi connectivity index (χ1v) is 4.38. The minimum absolute atomic E-state index is 0.388. The van der Waals surface area contributed by atoms with E-state index in [-0.39, 0.29) is 6.04 Å². The highest BCUT2D eigenvalue weighted by Gasteiger charge is 2.17. The first-order chi connectivity index (χ1) is 7.24. The molecule has 0 fully saturated rings. The van der Waals surface area contributed by atoms with Gasteiger partial charge >= 0.3 is 0 Å². The molecule has 0 saturated carbocycles. The van der Waals surface area contributed by atoms with Crippen LogP contribution in [0.5, 0.6) is 11.6 Å². The fourth-order valence-corrected chi connectivity index (χ4v) is 1.31. The smallest absolute Gasteiger partial charge is 0.235 e. The van der Waals surface area contributed by atoms with Gasteiger partial charge in [-0.25, -0.2) is 9.78 Å². The van der Waals surface area contributed by atoms with Crippen molar-refractivity contribution in [2.24, 2.45) is 4.99 Å². The van der Waals surface area contributed by atoms with Crippen LogP contribution in [0, 0.1) is 0 Å². The van der Waals surface area contributed by atoms with E-state index in [4.69, 9.17) is 9.47 Å². The van der Waals surface area contributed by atoms with Gasteiger partial charge in [-0.15, -0.1) is 0 Å². The van der Waals surface area contributed by atoms with Gasteiger partial charge in [0.2, 0.25) is 12.0 Å². The third-order valence-corrected chi connectivity index (χ3v) is 1.99. The third kappa shape index (κ3) is 2.33. The second-order valence-corrected chi connectivity index (χ2v) is 2.83. The lowest BCUT2D eigenvalue weighted by atomic mass is 10.1. The van der Waals surface area contributed by atoms with E-state index in [0.717, 1.165) is 0 Å². The zero-order valence-electron chi connectivity index (χ0n) is 8.85. The summed E-state index contributed by atoms with van der Waals surface area (Å²) in [5.41, 5.74) is 0.644. The molecule has 0 aliphatic heterocycles. The summed E-state index contributed by atoms with van der Waals surface area (Å²) in [6.07, 6.45) is 3.07. The Morgan fingerprint density at radius 3 is 2.73 bits per heavy atom. The largest absolute Gasteiger partial charge is 0.496 e. The second-order valence-electron chi connectivity index (χ2n) is 2.83. The van der Waals surface area contributed by atoms with Crippen LogP contribution in [-0.2, 0) is 4.79 Å². The SMILES string of the molecule is COc1ccnc(OC)c1C(C)N=C=O. The van der Waals surface area contributed by atoms with Gasteiger partial charge in [-0.3, -0.25) is 0 Å². The molecule has 5 heteroatoms. The quantitative estimate of drug-likeness (QED) is 0.555. The molecule has 1 rings (SSSR count). The van der Waals surface area contributed by atoms with Crippen molar-refractivity contribution in [1.82, 2.24) is 4.98 Å². The number of aliphatic imine (C=N–C) groups is 1. The van der Waals surface area contributed by atoms with Gasteiger partial charge in [0.05, 0.1) is 25.8 Å². The van der Waals surface area contributed by atoms with Crippen molar-refractivity contribution in [1.29, 1.82) is 0 Å². The molecule has 5 nitrogen and oxygen atoms in total. The van der Waals surface area contributed by atoms with Crippen molar-refractivity contribution in [3.63, 3.8) is 0 Å². The second kappa shape index (κ2) is 5.12. The summed E-state index contributed by atoms with van der Waals surface area (Å²) in [5, 5.41) is 0. The zero-order chi connectivity index (χ0) is 11.3. The lowest BCUT2D eigenvalue weighted by Gasteiger charge is -2.13. The topological polar surface area (TPSA) is 60.8 Å². The number of nitrogens with zero attached hydrogens (tertiary/aromatic N) is 2. The average Bonchev–Trinajstić information content (AvgIpc) is 2.28. The molecule has 0 N–H and O–H groups in total. The molecular weight excluding hydrogens is 196 g/mol. The first-order valence-electron chi connectivity index (χ1n) is 4.38. The molecule has 1 aromatic heterocycles. The monoisotopic (exact) mass is 208 g/mol. The van der Waals surface area contributed by atoms with Gasteiger partial charge < -0.3 is 9.47 Å². The van der Waals surface area contributed by atoms with Crippen LogP contribution in [0.15, 0.2) is 17.3 Å². The fourth-order valence-electron chi connectivity index (χ4n) is 1.31. The molecule has 15 heavy (non-hydrogen) atoms. The van der Waals surface area contributed by atoms with E-state index in [1.165, 1.54) is 20.3 Å². The number of carbonyl (C=O) groups excluding carboxylic acids is 1. The molecule has 0 spiro atoms. The number of hydrogen-bond donors (Lipinski definition) is 0. The Kier molecular flexibility index (Phi) is 3.83. The van der Waals surface area contributed by atoms with E-state index in [2.05, 4.69) is 9.98 Å². The van der Waals surface area contributed by atoms with Crippen LogP contribution < -0.4 is 9.47 Å². The maximum absolute atomic E-state index is 10.2. The minimum atomic E-state index is -0.388. The molecule has 80 valence electrons. The van der Waals surface area contributed by atoms with Crippen molar-refractivity contribution in [3.8, 4) is 11.6 Å². The highest BCUT2D eigenvalue weighted by molar-refractivity contribution is 5.44. The Morgan fingerprint density at radius 1 is 1.47 bits per heavy atom. The number of ether oxygens (including phenoxy) is 2. The molecule has 0 radical (unpaired) electrons. The standard InChI is InChI=1S/C10H12N2O3/c1-7(12-6-13)9-8(14-2)4-5-11-10(9)15-3/h4-5,7H,1-3H3. The summed E-state index contributed by atoms with van der Waals surface area (Å²) in [7, 11) is 3.04. The van der Waals surface area contributed by atoms with Crippen molar-refractivity contribution in [3.05, 3.63) is 17.8 Å². The lowest BCUT2D eigenvalue weighted by Crippen LogP contribution is -2.01. The van der Waals surface area contributed by atoms with Crippen molar-refractivity contribution in [2.75, 3.05) is 14.2 Å². The summed E-state index contributed by atoms with van der Waals surface area (Å²) in [6.45, 7) is 1.74. The van der Waals surface area contributed by atoms with E-state index in [9.17, 15) is 4.79 Å². The molecule has 0 bridgehead atoms. The number of aromatic nitrogens is 1. The number of isocyanates is 1. The number of hydrogen-bond acceptors (Lipinski definition) is 5. The number of methoxy groups -OCH3 is 2. The molecule has 0 aliphatic carbocycles. The number of pyridine rings is 1. The van der Waals surface area contributed by atoms with E-state index >= 15 is 0 Å².